The van der Waals surface area contributed by atoms with E-state index in [1.807, 2.05) is 0 Å². The first-order valence-electron chi connectivity index (χ1n) is 4.63. The maximum Gasteiger partial charge on any atom is 0.198 e. The van der Waals surface area contributed by atoms with Gasteiger partial charge in [-0.1, -0.05) is 23.2 Å². The van der Waals surface area contributed by atoms with Gasteiger partial charge >= 0.3 is 0 Å². The summed E-state index contributed by atoms with van der Waals surface area (Å²) in [5.74, 6) is 0.420. The van der Waals surface area contributed by atoms with E-state index in [1.165, 1.54) is 6.26 Å². The highest BCUT2D eigenvalue weighted by molar-refractivity contribution is 6.37. The average Bonchev–Trinajstić information content (AvgIpc) is 2.63. The van der Waals surface area contributed by atoms with Crippen molar-refractivity contribution >= 4 is 29.0 Å². The third-order valence-electron chi connectivity index (χ3n) is 2.28. The Hall–Kier alpha value is -1.25. The predicted molar refractivity (Wildman–Crippen MR) is 63.3 cm³/mol. The van der Waals surface area contributed by atoms with Crippen molar-refractivity contribution in [3.63, 3.8) is 0 Å². The summed E-state index contributed by atoms with van der Waals surface area (Å²) in [6, 6.07) is 6.42. The van der Waals surface area contributed by atoms with Gasteiger partial charge in [-0.25, -0.2) is 0 Å². The zero-order valence-electron chi connectivity index (χ0n) is 8.46. The molecule has 1 aromatic carbocycles. The van der Waals surface area contributed by atoms with E-state index in [4.69, 9.17) is 27.6 Å². The molecule has 0 atom stereocenters. The van der Waals surface area contributed by atoms with Crippen molar-refractivity contribution in [3.05, 3.63) is 57.5 Å². The fourth-order valence-corrected chi connectivity index (χ4v) is 1.93. The van der Waals surface area contributed by atoms with Crippen molar-refractivity contribution < 1.29 is 9.21 Å². The summed E-state index contributed by atoms with van der Waals surface area (Å²) in [5, 5.41) is 0.851. The fourth-order valence-electron chi connectivity index (χ4n) is 1.44. The van der Waals surface area contributed by atoms with E-state index in [0.717, 1.165) is 0 Å². The normalized spacial score (nSPS) is 10.4. The molecule has 2 aromatic rings. The van der Waals surface area contributed by atoms with Crippen LogP contribution in [0.5, 0.6) is 0 Å². The van der Waals surface area contributed by atoms with Crippen molar-refractivity contribution in [3.8, 4) is 0 Å². The Balaban J connectivity index is 2.46. The third-order valence-corrected chi connectivity index (χ3v) is 2.83. The number of rotatable bonds is 2. The molecule has 0 saturated carbocycles. The van der Waals surface area contributed by atoms with Gasteiger partial charge in [-0.15, -0.1) is 0 Å². The smallest absolute Gasteiger partial charge is 0.198 e. The maximum absolute atomic E-state index is 12.1. The molecule has 0 amide bonds. The fraction of sp³-hybridized carbons (Fsp3) is 0.0833. The van der Waals surface area contributed by atoms with Crippen LogP contribution in [0.15, 0.2) is 34.9 Å². The Bertz CT molecular complexity index is 544. The van der Waals surface area contributed by atoms with Gasteiger partial charge in [-0.05, 0) is 31.2 Å². The van der Waals surface area contributed by atoms with E-state index in [9.17, 15) is 4.79 Å². The van der Waals surface area contributed by atoms with E-state index in [-0.39, 0.29) is 5.78 Å². The predicted octanol–water partition coefficient (Wildman–Crippen LogP) is 4.13. The molecule has 0 spiro atoms. The Morgan fingerprint density at radius 3 is 2.50 bits per heavy atom. The summed E-state index contributed by atoms with van der Waals surface area (Å²) < 4.78 is 5.08. The molecule has 0 unspecified atom stereocenters. The quantitative estimate of drug-likeness (QED) is 0.755. The molecule has 0 bridgehead atoms. The molecule has 0 aliphatic carbocycles. The highest BCUT2D eigenvalue weighted by atomic mass is 35.5. The summed E-state index contributed by atoms with van der Waals surface area (Å²) >= 11 is 11.7. The lowest BCUT2D eigenvalue weighted by atomic mass is 10.0. The molecule has 82 valence electrons. The van der Waals surface area contributed by atoms with Crippen molar-refractivity contribution in [1.82, 2.24) is 0 Å². The van der Waals surface area contributed by atoms with Gasteiger partial charge in [0.15, 0.2) is 5.78 Å². The molecule has 16 heavy (non-hydrogen) atoms. The van der Waals surface area contributed by atoms with Crippen molar-refractivity contribution in [1.29, 1.82) is 0 Å². The van der Waals surface area contributed by atoms with E-state index in [1.54, 1.807) is 31.2 Å². The number of carbonyl (C=O) groups is 1. The van der Waals surface area contributed by atoms with Gasteiger partial charge in [0.25, 0.3) is 0 Å². The molecule has 0 N–H and O–H groups in total. The van der Waals surface area contributed by atoms with Gasteiger partial charge in [-0.3, -0.25) is 4.79 Å². The molecule has 1 aromatic heterocycles. The Morgan fingerprint density at radius 1 is 1.19 bits per heavy atom. The largest absolute Gasteiger partial charge is 0.469 e. The van der Waals surface area contributed by atoms with E-state index in [2.05, 4.69) is 0 Å². The van der Waals surface area contributed by atoms with Crippen LogP contribution < -0.4 is 0 Å². The lowest BCUT2D eigenvalue weighted by Gasteiger charge is -2.02. The van der Waals surface area contributed by atoms with Crippen LogP contribution in [0.3, 0.4) is 0 Å². The monoisotopic (exact) mass is 254 g/mol. The summed E-state index contributed by atoms with van der Waals surface area (Å²) in [4.78, 5) is 12.1. The van der Waals surface area contributed by atoms with Crippen LogP contribution >= 0.6 is 23.2 Å². The minimum Gasteiger partial charge on any atom is -0.469 e. The molecule has 1 heterocycles. The molecule has 0 saturated heterocycles. The molecule has 4 heteroatoms. The highest BCUT2D eigenvalue weighted by Crippen LogP contribution is 2.24. The van der Waals surface area contributed by atoms with Crippen molar-refractivity contribution in [2.45, 2.75) is 6.92 Å². The highest BCUT2D eigenvalue weighted by Gasteiger charge is 2.16. The molecular weight excluding hydrogens is 247 g/mol. The molecule has 0 aliphatic rings. The molecule has 0 fully saturated rings. The summed E-state index contributed by atoms with van der Waals surface area (Å²) in [5.41, 5.74) is 0.944. The zero-order valence-corrected chi connectivity index (χ0v) is 9.97. The maximum atomic E-state index is 12.1. The van der Waals surface area contributed by atoms with E-state index in [0.29, 0.717) is 26.9 Å². The molecule has 0 aliphatic heterocycles. The average molecular weight is 255 g/mol. The van der Waals surface area contributed by atoms with Crippen molar-refractivity contribution in [2.75, 3.05) is 0 Å². The number of aryl methyl sites for hydroxylation is 1. The van der Waals surface area contributed by atoms with Gasteiger partial charge in [-0.2, -0.15) is 0 Å². The van der Waals surface area contributed by atoms with Gasteiger partial charge in [0.1, 0.15) is 5.76 Å². The molecule has 2 rings (SSSR count). The van der Waals surface area contributed by atoms with Crippen LogP contribution in [0.4, 0.5) is 0 Å². The SMILES string of the molecule is Cc1occc1C(=O)c1ccc(Cl)cc1Cl. The van der Waals surface area contributed by atoms with Gasteiger partial charge in [0, 0.05) is 10.6 Å². The molecular formula is C12H8Cl2O2. The van der Waals surface area contributed by atoms with Crippen LogP contribution in [0, 0.1) is 6.92 Å². The number of carbonyl (C=O) groups excluding carboxylic acids is 1. The first kappa shape index (κ1) is 11.2. The lowest BCUT2D eigenvalue weighted by molar-refractivity contribution is 0.103. The van der Waals surface area contributed by atoms with E-state index >= 15 is 0 Å². The van der Waals surface area contributed by atoms with Crippen LogP contribution in [-0.4, -0.2) is 5.78 Å². The molecule has 0 radical (unpaired) electrons. The summed E-state index contributed by atoms with van der Waals surface area (Å²) in [6.45, 7) is 1.73. The van der Waals surface area contributed by atoms with Crippen LogP contribution in [0.25, 0.3) is 0 Å². The standard InChI is InChI=1S/C12H8Cl2O2/c1-7-9(4-5-16-7)12(15)10-3-2-8(13)6-11(10)14/h2-6H,1H3. The topological polar surface area (TPSA) is 30.2 Å². The number of hydrogen-bond donors (Lipinski definition) is 0. The third kappa shape index (κ3) is 1.99. The number of benzene rings is 1. The number of furan rings is 1. The first-order chi connectivity index (χ1) is 7.59. The minimum absolute atomic E-state index is 0.159. The summed E-state index contributed by atoms with van der Waals surface area (Å²) in [6.07, 6.45) is 1.48. The van der Waals surface area contributed by atoms with Gasteiger partial charge in [0.05, 0.1) is 16.8 Å². The van der Waals surface area contributed by atoms with Crippen LogP contribution in [-0.2, 0) is 0 Å². The second kappa shape index (κ2) is 4.32. The Kier molecular flexibility index (Phi) is 3.03. The Morgan fingerprint density at radius 2 is 1.94 bits per heavy atom. The van der Waals surface area contributed by atoms with Gasteiger partial charge < -0.3 is 4.42 Å². The summed E-state index contributed by atoms with van der Waals surface area (Å²) in [7, 11) is 0. The second-order valence-electron chi connectivity index (χ2n) is 3.34. The lowest BCUT2D eigenvalue weighted by Crippen LogP contribution is -2.02. The first-order valence-corrected chi connectivity index (χ1v) is 5.39. The zero-order chi connectivity index (χ0) is 11.7. The molecule has 2 nitrogen and oxygen atoms in total. The van der Waals surface area contributed by atoms with E-state index < -0.39 is 0 Å². The van der Waals surface area contributed by atoms with Crippen LogP contribution in [0.2, 0.25) is 10.0 Å². The van der Waals surface area contributed by atoms with Gasteiger partial charge in [0.2, 0.25) is 0 Å². The minimum atomic E-state index is -0.159. The van der Waals surface area contributed by atoms with Crippen molar-refractivity contribution in [2.24, 2.45) is 0 Å². The Labute approximate surface area is 103 Å². The number of hydrogen-bond acceptors (Lipinski definition) is 2. The second-order valence-corrected chi connectivity index (χ2v) is 4.19. The number of halogens is 2. The van der Waals surface area contributed by atoms with Crippen LogP contribution in [0.1, 0.15) is 21.7 Å². The number of ketones is 1.